The van der Waals surface area contributed by atoms with Gasteiger partial charge in [-0.2, -0.15) is 13.2 Å². The van der Waals surface area contributed by atoms with Gasteiger partial charge in [0.1, 0.15) is 5.15 Å². The summed E-state index contributed by atoms with van der Waals surface area (Å²) in [5.74, 6) is 0. The molecular formula is C6HBrCl2F3N. The highest BCUT2D eigenvalue weighted by molar-refractivity contribution is 9.10. The van der Waals surface area contributed by atoms with E-state index in [1.807, 2.05) is 0 Å². The van der Waals surface area contributed by atoms with Crippen LogP contribution < -0.4 is 0 Å². The Balaban J connectivity index is 3.43. The van der Waals surface area contributed by atoms with Crippen LogP contribution in [0.3, 0.4) is 0 Å². The molecule has 0 atom stereocenters. The molecule has 1 heterocycles. The third kappa shape index (κ3) is 2.27. The molecule has 0 fully saturated rings. The van der Waals surface area contributed by atoms with Crippen LogP contribution in [0.25, 0.3) is 0 Å². The topological polar surface area (TPSA) is 12.9 Å². The summed E-state index contributed by atoms with van der Waals surface area (Å²) in [6.45, 7) is 0. The maximum Gasteiger partial charge on any atom is 0.419 e. The normalized spacial score (nSPS) is 11.8. The van der Waals surface area contributed by atoms with E-state index in [1.165, 1.54) is 0 Å². The van der Waals surface area contributed by atoms with Crippen LogP contribution in [0.4, 0.5) is 13.2 Å². The zero-order chi connectivity index (χ0) is 10.2. The lowest BCUT2D eigenvalue weighted by Gasteiger charge is -2.10. The SMILES string of the molecule is FC(F)(F)c1c(Br)cnc(Cl)c1Cl. The Morgan fingerprint density at radius 3 is 2.23 bits per heavy atom. The monoisotopic (exact) mass is 293 g/mol. The highest BCUT2D eigenvalue weighted by atomic mass is 79.9. The molecule has 0 aliphatic rings. The first-order valence-electron chi connectivity index (χ1n) is 2.90. The average molecular weight is 295 g/mol. The fourth-order valence-electron chi connectivity index (χ4n) is 0.702. The molecule has 0 bridgehead atoms. The van der Waals surface area contributed by atoms with E-state index in [9.17, 15) is 13.2 Å². The van der Waals surface area contributed by atoms with Gasteiger partial charge in [-0.25, -0.2) is 4.98 Å². The van der Waals surface area contributed by atoms with Gasteiger partial charge < -0.3 is 0 Å². The second kappa shape index (κ2) is 3.63. The van der Waals surface area contributed by atoms with Gasteiger partial charge in [0.2, 0.25) is 0 Å². The van der Waals surface area contributed by atoms with Gasteiger partial charge in [0.25, 0.3) is 0 Å². The molecule has 0 radical (unpaired) electrons. The second-order valence-electron chi connectivity index (χ2n) is 2.08. The molecular weight excluding hydrogens is 294 g/mol. The maximum atomic E-state index is 12.3. The Morgan fingerprint density at radius 1 is 1.31 bits per heavy atom. The van der Waals surface area contributed by atoms with Crippen LogP contribution in [0.15, 0.2) is 10.7 Å². The van der Waals surface area contributed by atoms with Crippen molar-refractivity contribution in [3.63, 3.8) is 0 Å². The first kappa shape index (κ1) is 11.1. The summed E-state index contributed by atoms with van der Waals surface area (Å²) in [6, 6.07) is 0. The van der Waals surface area contributed by atoms with Crippen molar-refractivity contribution in [1.29, 1.82) is 0 Å². The summed E-state index contributed by atoms with van der Waals surface area (Å²) in [5, 5.41) is -0.958. The molecule has 1 nitrogen and oxygen atoms in total. The van der Waals surface area contributed by atoms with Gasteiger partial charge in [-0.05, 0) is 15.9 Å². The standard InChI is InChI=1S/C6HBrCl2F3N/c7-2-1-13-5(9)4(8)3(2)6(10,11)12/h1H. The lowest BCUT2D eigenvalue weighted by atomic mass is 10.2. The summed E-state index contributed by atoms with van der Waals surface area (Å²) >= 11 is 13.4. The minimum absolute atomic E-state index is 0.227. The zero-order valence-electron chi connectivity index (χ0n) is 5.79. The molecule has 1 aromatic heterocycles. The van der Waals surface area contributed by atoms with Gasteiger partial charge in [-0.1, -0.05) is 23.2 Å². The van der Waals surface area contributed by atoms with Gasteiger partial charge in [0.15, 0.2) is 0 Å². The fraction of sp³-hybridized carbons (Fsp3) is 0.167. The van der Waals surface area contributed by atoms with Crippen LogP contribution in [-0.2, 0) is 6.18 Å². The molecule has 0 amide bonds. The van der Waals surface area contributed by atoms with Crippen molar-refractivity contribution < 1.29 is 13.2 Å². The lowest BCUT2D eigenvalue weighted by Crippen LogP contribution is -2.07. The van der Waals surface area contributed by atoms with E-state index in [4.69, 9.17) is 23.2 Å². The number of hydrogen-bond donors (Lipinski definition) is 0. The molecule has 0 saturated heterocycles. The van der Waals surface area contributed by atoms with E-state index in [2.05, 4.69) is 20.9 Å². The summed E-state index contributed by atoms with van der Waals surface area (Å²) in [5.41, 5.74) is -1.01. The molecule has 7 heteroatoms. The second-order valence-corrected chi connectivity index (χ2v) is 3.67. The molecule has 72 valence electrons. The van der Waals surface area contributed by atoms with Crippen molar-refractivity contribution in [2.24, 2.45) is 0 Å². The molecule has 1 aromatic rings. The number of rotatable bonds is 0. The van der Waals surface area contributed by atoms with Crippen molar-refractivity contribution >= 4 is 39.1 Å². The Morgan fingerprint density at radius 2 is 1.85 bits per heavy atom. The number of aromatic nitrogens is 1. The number of nitrogens with zero attached hydrogens (tertiary/aromatic N) is 1. The first-order chi connectivity index (χ1) is 5.84. The summed E-state index contributed by atoms with van der Waals surface area (Å²) < 4.78 is 36.6. The molecule has 0 unspecified atom stereocenters. The molecule has 0 spiro atoms. The predicted molar refractivity (Wildman–Crippen MR) is 47.0 cm³/mol. The lowest BCUT2D eigenvalue weighted by molar-refractivity contribution is -0.138. The van der Waals surface area contributed by atoms with E-state index in [1.54, 1.807) is 0 Å². The molecule has 13 heavy (non-hydrogen) atoms. The van der Waals surface area contributed by atoms with E-state index >= 15 is 0 Å². The highest BCUT2D eigenvalue weighted by Gasteiger charge is 2.36. The number of halogens is 6. The van der Waals surface area contributed by atoms with Crippen molar-refractivity contribution in [2.75, 3.05) is 0 Å². The molecule has 0 aliphatic heterocycles. The van der Waals surface area contributed by atoms with Crippen LogP contribution in [-0.4, -0.2) is 4.98 Å². The Bertz CT molecular complexity index is 339. The summed E-state index contributed by atoms with van der Waals surface area (Å²) in [6.07, 6.45) is -3.58. The van der Waals surface area contributed by atoms with Gasteiger partial charge in [-0.15, -0.1) is 0 Å². The molecule has 0 aromatic carbocycles. The Hall–Kier alpha value is -0.000000000000000111. The summed E-state index contributed by atoms with van der Waals surface area (Å²) in [4.78, 5) is 3.44. The number of alkyl halides is 3. The highest BCUT2D eigenvalue weighted by Crippen LogP contribution is 2.41. The van der Waals surface area contributed by atoms with E-state index in [0.717, 1.165) is 6.20 Å². The van der Waals surface area contributed by atoms with Gasteiger partial charge in [0, 0.05) is 10.7 Å². The van der Waals surface area contributed by atoms with Crippen molar-refractivity contribution in [3.05, 3.63) is 26.4 Å². The fourth-order valence-corrected chi connectivity index (χ4v) is 1.74. The van der Waals surface area contributed by atoms with Crippen molar-refractivity contribution in [3.8, 4) is 0 Å². The molecule has 0 aliphatic carbocycles. The third-order valence-electron chi connectivity index (χ3n) is 1.21. The van der Waals surface area contributed by atoms with Crippen molar-refractivity contribution in [2.45, 2.75) is 6.18 Å². The number of hydrogen-bond acceptors (Lipinski definition) is 1. The summed E-state index contributed by atoms with van der Waals surface area (Å²) in [7, 11) is 0. The number of pyridine rings is 1. The van der Waals surface area contributed by atoms with Crippen LogP contribution in [0.5, 0.6) is 0 Å². The Labute approximate surface area is 90.0 Å². The molecule has 0 N–H and O–H groups in total. The van der Waals surface area contributed by atoms with Gasteiger partial charge >= 0.3 is 6.18 Å². The minimum atomic E-state index is -4.54. The quantitative estimate of drug-likeness (QED) is 0.655. The third-order valence-corrected chi connectivity index (χ3v) is 2.57. The minimum Gasteiger partial charge on any atom is -0.242 e. The van der Waals surface area contributed by atoms with Crippen LogP contribution in [0, 0.1) is 0 Å². The van der Waals surface area contributed by atoms with Crippen LogP contribution in [0.2, 0.25) is 10.2 Å². The van der Waals surface area contributed by atoms with Gasteiger partial charge in [0.05, 0.1) is 10.6 Å². The smallest absolute Gasteiger partial charge is 0.242 e. The molecule has 0 saturated carbocycles. The first-order valence-corrected chi connectivity index (χ1v) is 4.45. The van der Waals surface area contributed by atoms with Crippen molar-refractivity contribution in [1.82, 2.24) is 4.98 Å². The zero-order valence-corrected chi connectivity index (χ0v) is 8.89. The maximum absolute atomic E-state index is 12.3. The van der Waals surface area contributed by atoms with E-state index in [0.29, 0.717) is 0 Å². The van der Waals surface area contributed by atoms with Gasteiger partial charge in [-0.3, -0.25) is 0 Å². The van der Waals surface area contributed by atoms with Crippen LogP contribution >= 0.6 is 39.1 Å². The molecule has 1 rings (SSSR count). The Kier molecular flexibility index (Phi) is 3.09. The predicted octanol–water partition coefficient (Wildman–Crippen LogP) is 4.17. The van der Waals surface area contributed by atoms with Crippen LogP contribution in [0.1, 0.15) is 5.56 Å². The largest absolute Gasteiger partial charge is 0.419 e. The average Bonchev–Trinajstić information content (AvgIpc) is 1.95. The van der Waals surface area contributed by atoms with E-state index in [-0.39, 0.29) is 9.63 Å². The van der Waals surface area contributed by atoms with E-state index < -0.39 is 16.8 Å².